The van der Waals surface area contributed by atoms with Crippen molar-refractivity contribution in [1.82, 2.24) is 9.36 Å². The van der Waals surface area contributed by atoms with E-state index in [0.29, 0.717) is 5.01 Å². The first-order chi connectivity index (χ1) is 9.47. The summed E-state index contributed by atoms with van der Waals surface area (Å²) in [7, 11) is 0. The van der Waals surface area contributed by atoms with Gasteiger partial charge in [-0.15, -0.1) is 0 Å². The number of esters is 1. The first-order valence-electron chi connectivity index (χ1n) is 6.43. The van der Waals surface area contributed by atoms with Crippen LogP contribution in [0, 0.1) is 5.92 Å². The van der Waals surface area contributed by atoms with E-state index in [9.17, 15) is 9.59 Å². The number of hydrogen-bond donors (Lipinski definition) is 1. The SMILES string of the molecule is CC(C)C(=O)OC[C@@H]1CC[C@H](c2nc(C(N)=O)ns2)O1. The highest BCUT2D eigenvalue weighted by Gasteiger charge is 2.30. The molecule has 1 aliphatic rings. The molecule has 1 aromatic heterocycles. The highest BCUT2D eigenvalue weighted by atomic mass is 32.1. The van der Waals surface area contributed by atoms with Crippen LogP contribution in [0.4, 0.5) is 0 Å². The Morgan fingerprint density at radius 1 is 1.50 bits per heavy atom. The number of aromatic nitrogens is 2. The van der Waals surface area contributed by atoms with Crippen molar-refractivity contribution in [2.75, 3.05) is 6.61 Å². The lowest BCUT2D eigenvalue weighted by Crippen LogP contribution is -2.21. The summed E-state index contributed by atoms with van der Waals surface area (Å²) in [4.78, 5) is 26.4. The Kier molecular flexibility index (Phi) is 4.66. The van der Waals surface area contributed by atoms with Crippen LogP contribution in [-0.4, -0.2) is 33.9 Å². The number of nitrogens with two attached hydrogens (primary N) is 1. The minimum Gasteiger partial charge on any atom is -0.463 e. The fraction of sp³-hybridized carbons (Fsp3) is 0.667. The average molecular weight is 299 g/mol. The Morgan fingerprint density at radius 3 is 2.85 bits per heavy atom. The molecule has 0 spiro atoms. The lowest BCUT2D eigenvalue weighted by molar-refractivity contribution is -0.151. The number of carbonyl (C=O) groups is 2. The van der Waals surface area contributed by atoms with Gasteiger partial charge in [-0.1, -0.05) is 13.8 Å². The third-order valence-corrected chi connectivity index (χ3v) is 3.73. The van der Waals surface area contributed by atoms with Crippen LogP contribution in [0.25, 0.3) is 0 Å². The third kappa shape index (κ3) is 3.51. The summed E-state index contributed by atoms with van der Waals surface area (Å²) in [6.45, 7) is 3.81. The highest BCUT2D eigenvalue weighted by molar-refractivity contribution is 7.05. The van der Waals surface area contributed by atoms with Crippen molar-refractivity contribution in [1.29, 1.82) is 0 Å². The quantitative estimate of drug-likeness (QED) is 0.815. The van der Waals surface area contributed by atoms with Gasteiger partial charge in [0.1, 0.15) is 17.7 Å². The predicted molar refractivity (Wildman–Crippen MR) is 71.1 cm³/mol. The molecular weight excluding hydrogens is 282 g/mol. The van der Waals surface area contributed by atoms with E-state index in [-0.39, 0.29) is 36.5 Å². The zero-order valence-corrected chi connectivity index (χ0v) is 12.2. The molecule has 8 heteroatoms. The summed E-state index contributed by atoms with van der Waals surface area (Å²) in [5.74, 6) is -1.01. The maximum Gasteiger partial charge on any atom is 0.308 e. The van der Waals surface area contributed by atoms with Crippen LogP contribution in [0.2, 0.25) is 0 Å². The van der Waals surface area contributed by atoms with Gasteiger partial charge in [-0.25, -0.2) is 4.98 Å². The van der Waals surface area contributed by atoms with Crippen LogP contribution in [0.15, 0.2) is 0 Å². The molecule has 1 saturated heterocycles. The van der Waals surface area contributed by atoms with E-state index in [4.69, 9.17) is 15.2 Å². The van der Waals surface area contributed by atoms with Gasteiger partial charge in [0, 0.05) is 0 Å². The van der Waals surface area contributed by atoms with Gasteiger partial charge in [0.2, 0.25) is 5.82 Å². The zero-order valence-electron chi connectivity index (χ0n) is 11.4. The maximum absolute atomic E-state index is 11.4. The number of ether oxygens (including phenoxy) is 2. The Labute approximate surface area is 120 Å². The Hall–Kier alpha value is -1.54. The zero-order chi connectivity index (χ0) is 14.7. The molecule has 0 aliphatic carbocycles. The van der Waals surface area contributed by atoms with Crippen LogP contribution in [0.3, 0.4) is 0 Å². The number of nitrogens with zero attached hydrogens (tertiary/aromatic N) is 2. The summed E-state index contributed by atoms with van der Waals surface area (Å²) in [5, 5.41) is 0.636. The topological polar surface area (TPSA) is 104 Å². The monoisotopic (exact) mass is 299 g/mol. The fourth-order valence-corrected chi connectivity index (χ4v) is 2.55. The number of hydrogen-bond acceptors (Lipinski definition) is 7. The van der Waals surface area contributed by atoms with Gasteiger partial charge in [-0.05, 0) is 24.4 Å². The van der Waals surface area contributed by atoms with E-state index in [1.807, 2.05) is 0 Å². The molecule has 1 amide bonds. The van der Waals surface area contributed by atoms with E-state index < -0.39 is 5.91 Å². The van der Waals surface area contributed by atoms with E-state index >= 15 is 0 Å². The molecule has 0 unspecified atom stereocenters. The number of carbonyl (C=O) groups excluding carboxylic acids is 2. The van der Waals surface area contributed by atoms with Crippen LogP contribution >= 0.6 is 11.5 Å². The summed E-state index contributed by atoms with van der Waals surface area (Å²) in [6.07, 6.45) is 1.20. The second-order valence-corrected chi connectivity index (χ2v) is 5.71. The molecule has 2 N–H and O–H groups in total. The Bertz CT molecular complexity index is 503. The molecule has 0 aromatic carbocycles. The van der Waals surface area contributed by atoms with Crippen molar-refractivity contribution in [3.8, 4) is 0 Å². The maximum atomic E-state index is 11.4. The van der Waals surface area contributed by atoms with Gasteiger partial charge < -0.3 is 15.2 Å². The second kappa shape index (κ2) is 6.27. The molecule has 0 saturated carbocycles. The molecule has 0 radical (unpaired) electrons. The third-order valence-electron chi connectivity index (χ3n) is 2.93. The van der Waals surface area contributed by atoms with Crippen molar-refractivity contribution < 1.29 is 19.1 Å². The van der Waals surface area contributed by atoms with Crippen molar-refractivity contribution in [3.05, 3.63) is 10.8 Å². The summed E-state index contributed by atoms with van der Waals surface area (Å²) < 4.78 is 14.8. The van der Waals surface area contributed by atoms with E-state index in [0.717, 1.165) is 24.4 Å². The molecule has 1 aliphatic heterocycles. The number of primary amides is 1. The fourth-order valence-electron chi connectivity index (χ4n) is 1.82. The summed E-state index contributed by atoms with van der Waals surface area (Å²) in [5.41, 5.74) is 5.11. The van der Waals surface area contributed by atoms with Crippen molar-refractivity contribution >= 4 is 23.4 Å². The molecule has 0 bridgehead atoms. The molecule has 1 fully saturated rings. The first kappa shape index (κ1) is 14.9. The first-order valence-corrected chi connectivity index (χ1v) is 7.20. The van der Waals surface area contributed by atoms with Gasteiger partial charge in [-0.3, -0.25) is 9.59 Å². The lowest BCUT2D eigenvalue weighted by atomic mass is 10.2. The van der Waals surface area contributed by atoms with E-state index in [1.165, 1.54) is 0 Å². The molecule has 20 heavy (non-hydrogen) atoms. The van der Waals surface area contributed by atoms with Gasteiger partial charge >= 0.3 is 5.97 Å². The van der Waals surface area contributed by atoms with Crippen molar-refractivity contribution in [2.45, 2.75) is 38.9 Å². The van der Waals surface area contributed by atoms with Crippen molar-refractivity contribution in [2.24, 2.45) is 11.7 Å². The Balaban J connectivity index is 1.85. The summed E-state index contributed by atoms with van der Waals surface area (Å²) in [6, 6.07) is 0. The number of rotatable bonds is 5. The van der Waals surface area contributed by atoms with E-state index in [1.54, 1.807) is 13.8 Å². The molecule has 110 valence electrons. The molecule has 2 heterocycles. The summed E-state index contributed by atoms with van der Waals surface area (Å²) >= 11 is 1.11. The van der Waals surface area contributed by atoms with Crippen LogP contribution in [0.1, 0.15) is 48.4 Å². The van der Waals surface area contributed by atoms with Gasteiger partial charge in [0.15, 0.2) is 0 Å². The second-order valence-electron chi connectivity index (χ2n) is 4.93. The highest BCUT2D eigenvalue weighted by Crippen LogP contribution is 2.33. The molecule has 2 atom stereocenters. The van der Waals surface area contributed by atoms with Crippen LogP contribution in [0.5, 0.6) is 0 Å². The van der Waals surface area contributed by atoms with Crippen LogP contribution in [-0.2, 0) is 14.3 Å². The van der Waals surface area contributed by atoms with Gasteiger partial charge in [0.25, 0.3) is 5.91 Å². The smallest absolute Gasteiger partial charge is 0.308 e. The normalized spacial score (nSPS) is 22.1. The molecular formula is C12H17N3O4S. The lowest BCUT2D eigenvalue weighted by Gasteiger charge is -2.13. The largest absolute Gasteiger partial charge is 0.463 e. The van der Waals surface area contributed by atoms with Gasteiger partial charge in [0.05, 0.1) is 12.0 Å². The Morgan fingerprint density at radius 2 is 2.25 bits per heavy atom. The molecule has 2 rings (SSSR count). The standard InChI is InChI=1S/C12H17N3O4S/c1-6(2)12(17)18-5-7-3-4-8(19-7)11-14-10(9(13)16)15-20-11/h6-8H,3-5H2,1-2H3,(H2,13,16)/t7-,8+/m0/s1. The predicted octanol–water partition coefficient (Wildman–Crippen LogP) is 1.06. The van der Waals surface area contributed by atoms with Crippen LogP contribution < -0.4 is 5.73 Å². The molecule has 1 aromatic rings. The minimum absolute atomic E-state index is 0.0169. The van der Waals surface area contributed by atoms with Crippen molar-refractivity contribution in [3.63, 3.8) is 0 Å². The molecule has 7 nitrogen and oxygen atoms in total. The minimum atomic E-state index is -0.645. The average Bonchev–Trinajstić information content (AvgIpc) is 3.04. The van der Waals surface area contributed by atoms with E-state index in [2.05, 4.69) is 9.36 Å². The number of amides is 1. The van der Waals surface area contributed by atoms with Gasteiger partial charge in [-0.2, -0.15) is 4.37 Å².